The van der Waals surface area contributed by atoms with E-state index in [1.54, 1.807) is 0 Å². The minimum atomic E-state index is 0.466. The SMILES string of the molecule is CC(C)NCc1cncc(N2CCN(C)CC2C)n1. The molecule has 0 bridgehead atoms. The monoisotopic (exact) mass is 263 g/mol. The molecule has 1 aliphatic rings. The Morgan fingerprint density at radius 3 is 2.84 bits per heavy atom. The van der Waals surface area contributed by atoms with E-state index in [0.29, 0.717) is 12.1 Å². The van der Waals surface area contributed by atoms with Gasteiger partial charge in [-0.1, -0.05) is 13.8 Å². The third-order valence-corrected chi connectivity index (χ3v) is 3.49. The summed E-state index contributed by atoms with van der Waals surface area (Å²) < 4.78 is 0. The van der Waals surface area contributed by atoms with Gasteiger partial charge in [-0.2, -0.15) is 0 Å². The normalized spacial score (nSPS) is 21.1. The third-order valence-electron chi connectivity index (χ3n) is 3.49. The van der Waals surface area contributed by atoms with Crippen LogP contribution in [-0.2, 0) is 6.54 Å². The number of hydrogen-bond donors (Lipinski definition) is 1. The molecule has 5 nitrogen and oxygen atoms in total. The molecule has 1 unspecified atom stereocenters. The number of nitrogens with one attached hydrogen (secondary N) is 1. The van der Waals surface area contributed by atoms with Gasteiger partial charge in [-0.3, -0.25) is 4.98 Å². The summed E-state index contributed by atoms with van der Waals surface area (Å²) in [6.45, 7) is 10.5. The maximum atomic E-state index is 4.73. The van der Waals surface area contributed by atoms with Crippen LogP contribution in [0, 0.1) is 0 Å². The number of piperazine rings is 1. The Hall–Kier alpha value is -1.20. The van der Waals surface area contributed by atoms with Gasteiger partial charge < -0.3 is 15.1 Å². The smallest absolute Gasteiger partial charge is 0.147 e. The molecule has 2 rings (SSSR count). The van der Waals surface area contributed by atoms with Crippen LogP contribution in [0.4, 0.5) is 5.82 Å². The summed E-state index contributed by atoms with van der Waals surface area (Å²) in [5.74, 6) is 1.00. The maximum Gasteiger partial charge on any atom is 0.147 e. The lowest BCUT2D eigenvalue weighted by Crippen LogP contribution is -2.50. The van der Waals surface area contributed by atoms with Gasteiger partial charge in [-0.25, -0.2) is 4.98 Å². The molecular formula is C14H25N5. The minimum Gasteiger partial charge on any atom is -0.350 e. The van der Waals surface area contributed by atoms with E-state index in [4.69, 9.17) is 4.98 Å². The number of nitrogens with zero attached hydrogens (tertiary/aromatic N) is 4. The molecule has 1 saturated heterocycles. The van der Waals surface area contributed by atoms with Crippen molar-refractivity contribution in [1.82, 2.24) is 20.2 Å². The topological polar surface area (TPSA) is 44.3 Å². The molecule has 1 atom stereocenters. The Bertz CT molecular complexity index is 407. The highest BCUT2D eigenvalue weighted by molar-refractivity contribution is 5.38. The summed E-state index contributed by atoms with van der Waals surface area (Å²) in [4.78, 5) is 13.8. The van der Waals surface area contributed by atoms with E-state index in [0.717, 1.165) is 37.7 Å². The van der Waals surface area contributed by atoms with E-state index < -0.39 is 0 Å². The van der Waals surface area contributed by atoms with Crippen LogP contribution >= 0.6 is 0 Å². The summed E-state index contributed by atoms with van der Waals surface area (Å²) in [6.07, 6.45) is 3.72. The van der Waals surface area contributed by atoms with E-state index in [2.05, 4.69) is 47.9 Å². The molecule has 1 fully saturated rings. The minimum absolute atomic E-state index is 0.466. The van der Waals surface area contributed by atoms with Crippen molar-refractivity contribution in [3.63, 3.8) is 0 Å². The van der Waals surface area contributed by atoms with Gasteiger partial charge >= 0.3 is 0 Å². The van der Waals surface area contributed by atoms with E-state index in [1.165, 1.54) is 0 Å². The summed E-state index contributed by atoms with van der Waals surface area (Å²) in [5, 5.41) is 3.38. The average molecular weight is 263 g/mol. The zero-order valence-corrected chi connectivity index (χ0v) is 12.4. The molecule has 5 heteroatoms. The van der Waals surface area contributed by atoms with Crippen molar-refractivity contribution in [2.75, 3.05) is 31.6 Å². The van der Waals surface area contributed by atoms with Gasteiger partial charge in [0.05, 0.1) is 11.9 Å². The molecule has 0 amide bonds. The first-order chi connectivity index (χ1) is 9.06. The van der Waals surface area contributed by atoms with Crippen LogP contribution in [0.25, 0.3) is 0 Å². The predicted octanol–water partition coefficient (Wildman–Crippen LogP) is 1.11. The average Bonchev–Trinajstić information content (AvgIpc) is 2.36. The summed E-state index contributed by atoms with van der Waals surface area (Å²) >= 11 is 0. The van der Waals surface area contributed by atoms with Crippen molar-refractivity contribution in [3.8, 4) is 0 Å². The van der Waals surface area contributed by atoms with Crippen molar-refractivity contribution in [2.45, 2.75) is 39.4 Å². The van der Waals surface area contributed by atoms with Crippen molar-refractivity contribution in [2.24, 2.45) is 0 Å². The molecule has 1 aromatic heterocycles. The van der Waals surface area contributed by atoms with Gasteiger partial charge in [0.2, 0.25) is 0 Å². The first-order valence-electron chi connectivity index (χ1n) is 7.05. The fourth-order valence-corrected chi connectivity index (χ4v) is 2.41. The van der Waals surface area contributed by atoms with Crippen molar-refractivity contribution < 1.29 is 0 Å². The van der Waals surface area contributed by atoms with E-state index in [1.807, 2.05) is 12.4 Å². The Kier molecular flexibility index (Phi) is 4.71. The molecule has 1 N–H and O–H groups in total. The molecule has 0 radical (unpaired) electrons. The number of hydrogen-bond acceptors (Lipinski definition) is 5. The van der Waals surface area contributed by atoms with Crippen LogP contribution < -0.4 is 10.2 Å². The predicted molar refractivity (Wildman–Crippen MR) is 78.3 cm³/mol. The largest absolute Gasteiger partial charge is 0.350 e. The van der Waals surface area contributed by atoms with Crippen LogP contribution in [0.3, 0.4) is 0 Å². The molecule has 1 aromatic rings. The second kappa shape index (κ2) is 6.30. The van der Waals surface area contributed by atoms with Gasteiger partial charge in [0.15, 0.2) is 0 Å². The van der Waals surface area contributed by atoms with Gasteiger partial charge in [0.25, 0.3) is 0 Å². The highest BCUT2D eigenvalue weighted by Gasteiger charge is 2.22. The quantitative estimate of drug-likeness (QED) is 0.882. The zero-order valence-electron chi connectivity index (χ0n) is 12.4. The van der Waals surface area contributed by atoms with Crippen LogP contribution in [-0.4, -0.2) is 53.6 Å². The number of likely N-dealkylation sites (N-methyl/N-ethyl adjacent to an activating group) is 1. The summed E-state index contributed by atoms with van der Waals surface area (Å²) in [5.41, 5.74) is 1.01. The first-order valence-corrected chi connectivity index (χ1v) is 7.05. The van der Waals surface area contributed by atoms with E-state index >= 15 is 0 Å². The number of anilines is 1. The van der Waals surface area contributed by atoms with Crippen LogP contribution in [0.5, 0.6) is 0 Å². The molecule has 1 aliphatic heterocycles. The molecule has 2 heterocycles. The molecule has 0 aromatic carbocycles. The highest BCUT2D eigenvalue weighted by Crippen LogP contribution is 2.17. The lowest BCUT2D eigenvalue weighted by molar-refractivity contribution is 0.274. The van der Waals surface area contributed by atoms with Gasteiger partial charge in [-0.05, 0) is 14.0 Å². The van der Waals surface area contributed by atoms with Crippen molar-refractivity contribution in [1.29, 1.82) is 0 Å². The van der Waals surface area contributed by atoms with Gasteiger partial charge in [-0.15, -0.1) is 0 Å². The zero-order chi connectivity index (χ0) is 13.8. The van der Waals surface area contributed by atoms with Crippen molar-refractivity contribution in [3.05, 3.63) is 18.1 Å². The maximum absolute atomic E-state index is 4.73. The Balaban J connectivity index is 2.05. The standard InChI is InChI=1S/C14H25N5/c1-11(2)16-8-13-7-15-9-14(17-13)19-6-5-18(4)10-12(19)3/h7,9,11-12,16H,5-6,8,10H2,1-4H3. The Morgan fingerprint density at radius 1 is 1.37 bits per heavy atom. The molecule has 0 spiro atoms. The Morgan fingerprint density at radius 2 is 2.16 bits per heavy atom. The van der Waals surface area contributed by atoms with Crippen LogP contribution in [0.2, 0.25) is 0 Å². The lowest BCUT2D eigenvalue weighted by Gasteiger charge is -2.38. The second-order valence-electron chi connectivity index (χ2n) is 5.71. The fraction of sp³-hybridized carbons (Fsp3) is 0.714. The van der Waals surface area contributed by atoms with Gasteiger partial charge in [0, 0.05) is 44.5 Å². The van der Waals surface area contributed by atoms with Crippen LogP contribution in [0.15, 0.2) is 12.4 Å². The number of aromatic nitrogens is 2. The molecule has 0 aliphatic carbocycles. The van der Waals surface area contributed by atoms with Crippen LogP contribution in [0.1, 0.15) is 26.5 Å². The highest BCUT2D eigenvalue weighted by atomic mass is 15.3. The molecule has 19 heavy (non-hydrogen) atoms. The summed E-state index contributed by atoms with van der Waals surface area (Å²) in [6, 6.07) is 0.953. The van der Waals surface area contributed by atoms with Gasteiger partial charge in [0.1, 0.15) is 5.82 Å². The third kappa shape index (κ3) is 3.88. The first kappa shape index (κ1) is 14.2. The number of rotatable bonds is 4. The fourth-order valence-electron chi connectivity index (χ4n) is 2.41. The lowest BCUT2D eigenvalue weighted by atomic mass is 10.2. The van der Waals surface area contributed by atoms with E-state index in [9.17, 15) is 0 Å². The van der Waals surface area contributed by atoms with E-state index in [-0.39, 0.29) is 0 Å². The summed E-state index contributed by atoms with van der Waals surface area (Å²) in [7, 11) is 2.17. The molecule has 106 valence electrons. The molecular weight excluding hydrogens is 238 g/mol. The van der Waals surface area contributed by atoms with Crippen molar-refractivity contribution >= 4 is 5.82 Å². The Labute approximate surface area is 116 Å². The molecule has 0 saturated carbocycles. The second-order valence-corrected chi connectivity index (χ2v) is 5.71.